The summed E-state index contributed by atoms with van der Waals surface area (Å²) in [7, 11) is 0. The van der Waals surface area contributed by atoms with Crippen LogP contribution >= 0.6 is 11.6 Å². The molecule has 0 atom stereocenters. The van der Waals surface area contributed by atoms with Crippen molar-refractivity contribution in [1.82, 2.24) is 4.98 Å². The lowest BCUT2D eigenvalue weighted by atomic mass is 10.2. The largest absolute Gasteiger partial charge is 0.327 e. The van der Waals surface area contributed by atoms with Crippen molar-refractivity contribution in [2.45, 2.75) is 6.92 Å². The Balaban J connectivity index is 1.76. The Morgan fingerprint density at radius 2 is 1.92 bits per heavy atom. The average molecular weight is 370 g/mol. The maximum Gasteiger partial charge on any atom is 0.257 e. The van der Waals surface area contributed by atoms with Crippen molar-refractivity contribution in [3.63, 3.8) is 0 Å². The highest BCUT2D eigenvalue weighted by molar-refractivity contribution is 6.31. The molecule has 0 unspecified atom stereocenters. The van der Waals surface area contributed by atoms with E-state index in [0.29, 0.717) is 11.3 Å². The Morgan fingerprint density at radius 1 is 1.15 bits per heavy atom. The molecule has 26 heavy (non-hydrogen) atoms. The quantitative estimate of drug-likeness (QED) is 0.665. The van der Waals surface area contributed by atoms with Gasteiger partial charge in [0.15, 0.2) is 0 Å². The average Bonchev–Trinajstić information content (AvgIpc) is 2.67. The van der Waals surface area contributed by atoms with E-state index in [4.69, 9.17) is 11.6 Å². The molecule has 3 rings (SSSR count). The van der Waals surface area contributed by atoms with E-state index < -0.39 is 5.82 Å². The number of hydrogen-bond donors (Lipinski definition) is 1. The van der Waals surface area contributed by atoms with Gasteiger partial charge >= 0.3 is 0 Å². The van der Waals surface area contributed by atoms with Crippen LogP contribution in [0.25, 0.3) is 0 Å². The van der Waals surface area contributed by atoms with Gasteiger partial charge < -0.3 is 10.2 Å². The van der Waals surface area contributed by atoms with E-state index >= 15 is 0 Å². The molecule has 132 valence electrons. The fourth-order valence-corrected chi connectivity index (χ4v) is 2.72. The summed E-state index contributed by atoms with van der Waals surface area (Å²) < 4.78 is 13.2. The highest BCUT2D eigenvalue weighted by Crippen LogP contribution is 2.23. The third-order valence-electron chi connectivity index (χ3n) is 3.85. The maximum atomic E-state index is 13.2. The van der Waals surface area contributed by atoms with Gasteiger partial charge in [0.05, 0.1) is 10.6 Å². The molecule has 0 saturated carbocycles. The fourth-order valence-electron chi connectivity index (χ4n) is 2.54. The minimum Gasteiger partial charge on any atom is -0.327 e. The van der Waals surface area contributed by atoms with Gasteiger partial charge in [0.2, 0.25) is 0 Å². The van der Waals surface area contributed by atoms with Gasteiger partial charge in [-0.1, -0.05) is 29.8 Å². The van der Waals surface area contributed by atoms with Crippen molar-refractivity contribution in [2.24, 2.45) is 0 Å². The first-order valence-corrected chi connectivity index (χ1v) is 8.51. The molecule has 0 saturated heterocycles. The van der Waals surface area contributed by atoms with Gasteiger partial charge in [-0.3, -0.25) is 4.79 Å². The number of carbonyl (C=O) groups excluding carboxylic acids is 1. The van der Waals surface area contributed by atoms with Gasteiger partial charge in [0.25, 0.3) is 5.91 Å². The standard InChI is InChI=1S/C20H17ClFN3O/c1-2-25(16-6-4-3-5-7-16)19-11-8-14(13-23-19)20(26)24-15-9-10-18(22)17(21)12-15/h3-13H,2H2,1H3,(H,24,26). The van der Waals surface area contributed by atoms with E-state index in [0.717, 1.165) is 18.1 Å². The summed E-state index contributed by atoms with van der Waals surface area (Å²) in [5, 5.41) is 2.63. The molecule has 4 nitrogen and oxygen atoms in total. The Labute approximate surface area is 156 Å². The first-order valence-electron chi connectivity index (χ1n) is 8.13. The molecule has 0 aliphatic rings. The van der Waals surface area contributed by atoms with Gasteiger partial charge in [0.1, 0.15) is 11.6 Å². The molecule has 0 bridgehead atoms. The van der Waals surface area contributed by atoms with Crippen LogP contribution in [-0.4, -0.2) is 17.4 Å². The van der Waals surface area contributed by atoms with E-state index in [9.17, 15) is 9.18 Å². The van der Waals surface area contributed by atoms with Crippen LogP contribution < -0.4 is 10.2 Å². The topological polar surface area (TPSA) is 45.2 Å². The van der Waals surface area contributed by atoms with Crippen molar-refractivity contribution >= 4 is 34.7 Å². The molecular weight excluding hydrogens is 353 g/mol. The summed E-state index contributed by atoms with van der Waals surface area (Å²) in [6, 6.07) is 17.4. The number of pyridine rings is 1. The van der Waals surface area contributed by atoms with Crippen molar-refractivity contribution in [1.29, 1.82) is 0 Å². The molecule has 0 aliphatic heterocycles. The first kappa shape index (κ1) is 17.9. The predicted octanol–water partition coefficient (Wildman–Crippen LogP) is 5.28. The summed E-state index contributed by atoms with van der Waals surface area (Å²) in [4.78, 5) is 18.8. The predicted molar refractivity (Wildman–Crippen MR) is 103 cm³/mol. The van der Waals surface area contributed by atoms with Crippen LogP contribution in [0.4, 0.5) is 21.6 Å². The van der Waals surface area contributed by atoms with Crippen LogP contribution in [0.15, 0.2) is 66.9 Å². The van der Waals surface area contributed by atoms with Crippen LogP contribution in [0.5, 0.6) is 0 Å². The zero-order chi connectivity index (χ0) is 18.5. The van der Waals surface area contributed by atoms with Gasteiger partial charge in [0, 0.05) is 24.1 Å². The van der Waals surface area contributed by atoms with E-state index in [1.807, 2.05) is 42.2 Å². The number of aromatic nitrogens is 1. The zero-order valence-corrected chi connectivity index (χ0v) is 14.9. The van der Waals surface area contributed by atoms with Crippen LogP contribution in [0.2, 0.25) is 5.02 Å². The number of hydrogen-bond acceptors (Lipinski definition) is 3. The third-order valence-corrected chi connectivity index (χ3v) is 4.14. The SMILES string of the molecule is CCN(c1ccccc1)c1ccc(C(=O)Nc2ccc(F)c(Cl)c2)cn1. The lowest BCUT2D eigenvalue weighted by Crippen LogP contribution is -2.18. The number of benzene rings is 2. The molecule has 6 heteroatoms. The molecule has 1 heterocycles. The van der Waals surface area contributed by atoms with Gasteiger partial charge in [-0.15, -0.1) is 0 Å². The second-order valence-corrected chi connectivity index (χ2v) is 5.98. The lowest BCUT2D eigenvalue weighted by Gasteiger charge is -2.22. The highest BCUT2D eigenvalue weighted by Gasteiger charge is 2.11. The van der Waals surface area contributed by atoms with Crippen LogP contribution in [0.1, 0.15) is 17.3 Å². The van der Waals surface area contributed by atoms with Gasteiger partial charge in [-0.05, 0) is 49.4 Å². The minimum atomic E-state index is -0.531. The van der Waals surface area contributed by atoms with Crippen molar-refractivity contribution in [3.8, 4) is 0 Å². The summed E-state index contributed by atoms with van der Waals surface area (Å²) in [6.07, 6.45) is 1.52. The Morgan fingerprint density at radius 3 is 2.54 bits per heavy atom. The third kappa shape index (κ3) is 4.00. The van der Waals surface area contributed by atoms with E-state index in [1.165, 1.54) is 24.4 Å². The second-order valence-electron chi connectivity index (χ2n) is 5.57. The number of rotatable bonds is 5. The molecule has 1 aromatic heterocycles. The molecule has 1 amide bonds. The zero-order valence-electron chi connectivity index (χ0n) is 14.1. The number of para-hydroxylation sites is 1. The molecule has 3 aromatic rings. The van der Waals surface area contributed by atoms with Crippen LogP contribution in [-0.2, 0) is 0 Å². The summed E-state index contributed by atoms with van der Waals surface area (Å²) in [6.45, 7) is 2.78. The number of nitrogens with zero attached hydrogens (tertiary/aromatic N) is 2. The fraction of sp³-hybridized carbons (Fsp3) is 0.100. The van der Waals surface area contributed by atoms with Gasteiger partial charge in [-0.25, -0.2) is 9.37 Å². The van der Waals surface area contributed by atoms with Crippen molar-refractivity contribution < 1.29 is 9.18 Å². The summed E-state index contributed by atoms with van der Waals surface area (Å²) >= 11 is 5.73. The molecule has 0 fully saturated rings. The molecule has 2 aromatic carbocycles. The Kier molecular flexibility index (Phi) is 5.49. The number of anilines is 3. The summed E-state index contributed by atoms with van der Waals surface area (Å²) in [5.41, 5.74) is 1.85. The van der Waals surface area contributed by atoms with Crippen molar-refractivity contribution in [2.75, 3.05) is 16.8 Å². The number of nitrogens with one attached hydrogen (secondary N) is 1. The van der Waals surface area contributed by atoms with E-state index in [1.54, 1.807) is 12.1 Å². The lowest BCUT2D eigenvalue weighted by molar-refractivity contribution is 0.102. The first-order chi connectivity index (χ1) is 12.6. The molecule has 0 spiro atoms. The van der Waals surface area contributed by atoms with E-state index in [-0.39, 0.29) is 10.9 Å². The molecule has 0 radical (unpaired) electrons. The maximum absolute atomic E-state index is 13.2. The molecular formula is C20H17ClFN3O. The van der Waals surface area contributed by atoms with Gasteiger partial charge in [-0.2, -0.15) is 0 Å². The van der Waals surface area contributed by atoms with Crippen LogP contribution in [0, 0.1) is 5.82 Å². The second kappa shape index (κ2) is 7.97. The number of carbonyl (C=O) groups is 1. The molecule has 1 N–H and O–H groups in total. The Bertz CT molecular complexity index is 901. The number of amides is 1. The minimum absolute atomic E-state index is 0.0438. The normalized spacial score (nSPS) is 10.4. The van der Waals surface area contributed by atoms with Crippen LogP contribution in [0.3, 0.4) is 0 Å². The van der Waals surface area contributed by atoms with E-state index in [2.05, 4.69) is 10.3 Å². The number of halogens is 2. The summed E-state index contributed by atoms with van der Waals surface area (Å²) in [5.74, 6) is -0.120. The highest BCUT2D eigenvalue weighted by atomic mass is 35.5. The molecule has 0 aliphatic carbocycles. The van der Waals surface area contributed by atoms with Crippen molar-refractivity contribution in [3.05, 3.63) is 83.3 Å². The Hall–Kier alpha value is -2.92. The smallest absolute Gasteiger partial charge is 0.257 e. The monoisotopic (exact) mass is 369 g/mol.